The van der Waals surface area contributed by atoms with Crippen LogP contribution < -0.4 is 5.73 Å². The summed E-state index contributed by atoms with van der Waals surface area (Å²) in [6, 6.07) is 19.8. The lowest BCUT2D eigenvalue weighted by Crippen LogP contribution is -2.09. The summed E-state index contributed by atoms with van der Waals surface area (Å²) >= 11 is 0. The molecule has 4 heteroatoms. The number of hydrogen-bond donors (Lipinski definition) is 1. The Balaban J connectivity index is 1.92. The van der Waals surface area contributed by atoms with Gasteiger partial charge >= 0.3 is 0 Å². The molecule has 0 radical (unpaired) electrons. The number of pyridine rings is 1. The molecule has 25 heavy (non-hydrogen) atoms. The van der Waals surface area contributed by atoms with E-state index in [0.717, 1.165) is 33.5 Å². The molecule has 2 aromatic carbocycles. The van der Waals surface area contributed by atoms with Crippen molar-refractivity contribution in [3.63, 3.8) is 0 Å². The molecule has 2 aromatic heterocycles. The van der Waals surface area contributed by atoms with Crippen LogP contribution >= 0.6 is 0 Å². The Morgan fingerprint density at radius 2 is 1.80 bits per heavy atom. The van der Waals surface area contributed by atoms with Crippen molar-refractivity contribution >= 4 is 16.9 Å². The third-order valence-corrected chi connectivity index (χ3v) is 4.24. The van der Waals surface area contributed by atoms with E-state index in [1.54, 1.807) is 0 Å². The van der Waals surface area contributed by atoms with Crippen molar-refractivity contribution in [2.24, 2.45) is 5.73 Å². The number of primary amides is 1. The van der Waals surface area contributed by atoms with Crippen molar-refractivity contribution in [3.8, 4) is 22.4 Å². The fraction of sp³-hybridized carbons (Fsp3) is 0.0476. The van der Waals surface area contributed by atoms with Gasteiger partial charge in [0.1, 0.15) is 11.8 Å². The van der Waals surface area contributed by atoms with E-state index in [9.17, 15) is 4.79 Å². The van der Waals surface area contributed by atoms with Gasteiger partial charge in [-0.3, -0.25) is 9.78 Å². The van der Waals surface area contributed by atoms with Gasteiger partial charge in [0.25, 0.3) is 5.91 Å². The summed E-state index contributed by atoms with van der Waals surface area (Å²) in [5.74, 6) is -0.496. The highest BCUT2D eigenvalue weighted by Gasteiger charge is 2.14. The molecule has 0 saturated carbocycles. The summed E-state index contributed by atoms with van der Waals surface area (Å²) in [6.45, 7) is 1.97. The highest BCUT2D eigenvalue weighted by atomic mass is 16.3. The first kappa shape index (κ1) is 15.1. The molecule has 0 aliphatic heterocycles. The Kier molecular flexibility index (Phi) is 3.58. The average Bonchev–Trinajstić information content (AvgIpc) is 3.05. The van der Waals surface area contributed by atoms with Gasteiger partial charge in [-0.1, -0.05) is 36.4 Å². The van der Waals surface area contributed by atoms with Crippen LogP contribution in [-0.4, -0.2) is 10.9 Å². The number of aromatic nitrogens is 1. The molecule has 4 aromatic rings. The van der Waals surface area contributed by atoms with Gasteiger partial charge in [-0.2, -0.15) is 0 Å². The van der Waals surface area contributed by atoms with Crippen LogP contribution in [0.2, 0.25) is 0 Å². The molecular weight excluding hydrogens is 312 g/mol. The van der Waals surface area contributed by atoms with Crippen molar-refractivity contribution in [1.82, 2.24) is 4.98 Å². The van der Waals surface area contributed by atoms with Gasteiger partial charge in [0.15, 0.2) is 0 Å². The molecule has 4 rings (SSSR count). The predicted octanol–water partition coefficient (Wildman–Crippen LogP) is 4.57. The van der Waals surface area contributed by atoms with Crippen LogP contribution in [0, 0.1) is 6.92 Å². The third-order valence-electron chi connectivity index (χ3n) is 4.24. The van der Waals surface area contributed by atoms with Crippen LogP contribution in [-0.2, 0) is 0 Å². The van der Waals surface area contributed by atoms with Crippen molar-refractivity contribution < 1.29 is 9.21 Å². The van der Waals surface area contributed by atoms with E-state index in [1.807, 2.05) is 67.6 Å². The number of hydrogen-bond acceptors (Lipinski definition) is 3. The van der Waals surface area contributed by atoms with E-state index < -0.39 is 5.91 Å². The van der Waals surface area contributed by atoms with Crippen LogP contribution in [0.15, 0.2) is 71.3 Å². The molecule has 2 N–H and O–H groups in total. The van der Waals surface area contributed by atoms with Gasteiger partial charge in [-0.15, -0.1) is 0 Å². The second kappa shape index (κ2) is 5.91. The number of furan rings is 1. The zero-order valence-corrected chi connectivity index (χ0v) is 13.7. The van der Waals surface area contributed by atoms with Gasteiger partial charge in [0.2, 0.25) is 0 Å². The van der Waals surface area contributed by atoms with E-state index in [1.165, 1.54) is 6.26 Å². The standard InChI is InChI=1S/C21H16N2O2/c1-13-5-4-8-19(23-13)16-7-3-2-6-15(16)14-9-10-20-17(11-14)18(12-25-20)21(22)24/h2-12H,1H3,(H2,22,24). The van der Waals surface area contributed by atoms with Gasteiger partial charge in [0, 0.05) is 16.6 Å². The van der Waals surface area contributed by atoms with Crippen LogP contribution in [0.3, 0.4) is 0 Å². The van der Waals surface area contributed by atoms with Crippen molar-refractivity contribution in [1.29, 1.82) is 0 Å². The largest absolute Gasteiger partial charge is 0.463 e. The quantitative estimate of drug-likeness (QED) is 0.599. The first-order valence-electron chi connectivity index (χ1n) is 7.98. The van der Waals surface area contributed by atoms with E-state index in [0.29, 0.717) is 11.1 Å². The Bertz CT molecular complexity index is 1100. The number of benzene rings is 2. The second-order valence-electron chi connectivity index (χ2n) is 5.93. The molecule has 0 saturated heterocycles. The summed E-state index contributed by atoms with van der Waals surface area (Å²) in [7, 11) is 0. The molecule has 0 unspecified atom stereocenters. The van der Waals surface area contributed by atoms with Crippen LogP contribution in [0.25, 0.3) is 33.4 Å². The molecular formula is C21H16N2O2. The number of nitrogens with two attached hydrogens (primary N) is 1. The number of carbonyl (C=O) groups excluding carboxylic acids is 1. The van der Waals surface area contributed by atoms with Gasteiger partial charge in [-0.05, 0) is 42.3 Å². The smallest absolute Gasteiger partial charge is 0.252 e. The molecule has 4 nitrogen and oxygen atoms in total. The monoisotopic (exact) mass is 328 g/mol. The fourth-order valence-electron chi connectivity index (χ4n) is 3.04. The van der Waals surface area contributed by atoms with Gasteiger partial charge < -0.3 is 10.2 Å². The number of aryl methyl sites for hydroxylation is 1. The first-order chi connectivity index (χ1) is 12.1. The molecule has 122 valence electrons. The van der Waals surface area contributed by atoms with Crippen molar-refractivity contribution in [3.05, 3.63) is 78.2 Å². The van der Waals surface area contributed by atoms with E-state index >= 15 is 0 Å². The van der Waals surface area contributed by atoms with E-state index in [2.05, 4.69) is 4.98 Å². The van der Waals surface area contributed by atoms with Crippen LogP contribution in [0.1, 0.15) is 16.1 Å². The normalized spacial score (nSPS) is 10.9. The highest BCUT2D eigenvalue weighted by Crippen LogP contribution is 2.34. The zero-order valence-electron chi connectivity index (χ0n) is 13.7. The minimum absolute atomic E-state index is 0.392. The molecule has 0 bridgehead atoms. The van der Waals surface area contributed by atoms with Crippen molar-refractivity contribution in [2.75, 3.05) is 0 Å². The minimum Gasteiger partial charge on any atom is -0.463 e. The molecule has 1 amide bonds. The lowest BCUT2D eigenvalue weighted by Gasteiger charge is -2.10. The second-order valence-corrected chi connectivity index (χ2v) is 5.93. The molecule has 0 atom stereocenters. The Morgan fingerprint density at radius 1 is 1.00 bits per heavy atom. The highest BCUT2D eigenvalue weighted by molar-refractivity contribution is 6.06. The Hall–Kier alpha value is -3.40. The van der Waals surface area contributed by atoms with E-state index in [4.69, 9.17) is 10.2 Å². The van der Waals surface area contributed by atoms with Crippen LogP contribution in [0.4, 0.5) is 0 Å². The SMILES string of the molecule is Cc1cccc(-c2ccccc2-c2ccc3occ(C(N)=O)c3c2)n1. The summed E-state index contributed by atoms with van der Waals surface area (Å²) in [5.41, 5.74) is 11.4. The number of rotatable bonds is 3. The maximum absolute atomic E-state index is 11.6. The molecule has 2 heterocycles. The van der Waals surface area contributed by atoms with E-state index in [-0.39, 0.29) is 0 Å². The van der Waals surface area contributed by atoms with Gasteiger partial charge in [0.05, 0.1) is 11.3 Å². The number of carbonyl (C=O) groups is 1. The summed E-state index contributed by atoms with van der Waals surface area (Å²) < 4.78 is 5.42. The predicted molar refractivity (Wildman–Crippen MR) is 98.1 cm³/mol. The number of nitrogens with zero attached hydrogens (tertiary/aromatic N) is 1. The lowest BCUT2D eigenvalue weighted by molar-refractivity contribution is 0.100. The zero-order chi connectivity index (χ0) is 17.4. The molecule has 0 aliphatic carbocycles. The molecule has 0 spiro atoms. The molecule has 0 aliphatic rings. The maximum atomic E-state index is 11.6. The average molecular weight is 328 g/mol. The summed E-state index contributed by atoms with van der Waals surface area (Å²) in [5, 5.41) is 0.719. The topological polar surface area (TPSA) is 69.1 Å². The Labute approximate surface area is 144 Å². The third kappa shape index (κ3) is 2.68. The summed E-state index contributed by atoms with van der Waals surface area (Å²) in [6.07, 6.45) is 1.41. The number of amides is 1. The first-order valence-corrected chi connectivity index (χ1v) is 7.98. The Morgan fingerprint density at radius 3 is 2.56 bits per heavy atom. The summed E-state index contributed by atoms with van der Waals surface area (Å²) in [4.78, 5) is 16.2. The minimum atomic E-state index is -0.496. The van der Waals surface area contributed by atoms with Crippen LogP contribution in [0.5, 0.6) is 0 Å². The fourth-order valence-corrected chi connectivity index (χ4v) is 3.04. The number of fused-ring (bicyclic) bond motifs is 1. The molecule has 0 fully saturated rings. The maximum Gasteiger partial charge on any atom is 0.252 e. The van der Waals surface area contributed by atoms with Crippen molar-refractivity contribution in [2.45, 2.75) is 6.92 Å². The van der Waals surface area contributed by atoms with Gasteiger partial charge in [-0.25, -0.2) is 0 Å². The lowest BCUT2D eigenvalue weighted by atomic mass is 9.96.